The molecule has 1 aromatic rings. The average Bonchev–Trinajstić information content (AvgIpc) is 2.74. The molecular weight excluding hydrogens is 224 g/mol. The Morgan fingerprint density at radius 3 is 2.61 bits per heavy atom. The normalized spacial score (nSPS) is 18.4. The van der Waals surface area contributed by atoms with Crippen molar-refractivity contribution in [1.82, 2.24) is 4.90 Å². The number of benzene rings is 1. The molecule has 0 saturated heterocycles. The molecule has 0 spiro atoms. The summed E-state index contributed by atoms with van der Waals surface area (Å²) >= 11 is 0. The topological polar surface area (TPSA) is 49.5 Å². The molecule has 0 radical (unpaired) electrons. The van der Waals surface area contributed by atoms with E-state index in [2.05, 4.69) is 18.0 Å². The zero-order chi connectivity index (χ0) is 13.0. The van der Waals surface area contributed by atoms with Crippen molar-refractivity contribution in [2.75, 3.05) is 25.9 Å². The minimum Gasteiger partial charge on any atom is -0.399 e. The summed E-state index contributed by atoms with van der Waals surface area (Å²) < 4.78 is 0. The zero-order valence-electron chi connectivity index (χ0n) is 11.2. The van der Waals surface area contributed by atoms with Crippen LogP contribution in [0.3, 0.4) is 0 Å². The number of hydrogen-bond acceptors (Lipinski definition) is 3. The van der Waals surface area contributed by atoms with E-state index < -0.39 is 5.60 Å². The summed E-state index contributed by atoms with van der Waals surface area (Å²) in [6.07, 6.45) is 5.17. The van der Waals surface area contributed by atoms with E-state index >= 15 is 0 Å². The second kappa shape index (κ2) is 5.72. The monoisotopic (exact) mass is 248 g/mol. The molecule has 3 N–H and O–H groups in total. The predicted octanol–water partition coefficient (Wildman–Crippen LogP) is 2.05. The van der Waals surface area contributed by atoms with Gasteiger partial charge in [0.1, 0.15) is 0 Å². The third-order valence-corrected chi connectivity index (χ3v) is 3.92. The largest absolute Gasteiger partial charge is 0.399 e. The van der Waals surface area contributed by atoms with E-state index in [1.807, 2.05) is 18.2 Å². The number of rotatable bonds is 5. The molecule has 1 aliphatic rings. The summed E-state index contributed by atoms with van der Waals surface area (Å²) in [6.45, 7) is 1.72. The molecule has 3 nitrogen and oxygen atoms in total. The van der Waals surface area contributed by atoms with Gasteiger partial charge in [0.25, 0.3) is 0 Å². The minimum absolute atomic E-state index is 0.447. The first-order valence-corrected chi connectivity index (χ1v) is 6.83. The molecule has 1 saturated carbocycles. The standard InChI is InChI=1S/C15H24N2O/c1-17(12-15(18)9-4-5-10-15)11-8-13-6-2-3-7-14(13)16/h2-3,6-7,18H,4-5,8-12,16H2,1H3. The number of nitrogens with two attached hydrogens (primary N) is 1. The van der Waals surface area contributed by atoms with E-state index in [0.717, 1.165) is 50.9 Å². The van der Waals surface area contributed by atoms with Gasteiger partial charge in [-0.2, -0.15) is 0 Å². The number of likely N-dealkylation sites (N-methyl/N-ethyl adjacent to an activating group) is 1. The fourth-order valence-electron chi connectivity index (χ4n) is 2.85. The summed E-state index contributed by atoms with van der Waals surface area (Å²) in [7, 11) is 2.08. The Hall–Kier alpha value is -1.06. The van der Waals surface area contributed by atoms with Crippen molar-refractivity contribution in [3.05, 3.63) is 29.8 Å². The second-order valence-electron chi connectivity index (χ2n) is 5.62. The Bertz CT molecular complexity index is 386. The lowest BCUT2D eigenvalue weighted by Gasteiger charge is -2.28. The smallest absolute Gasteiger partial charge is 0.0774 e. The molecule has 0 heterocycles. The summed E-state index contributed by atoms with van der Waals surface area (Å²) in [4.78, 5) is 2.22. The molecule has 3 heteroatoms. The molecule has 1 aliphatic carbocycles. The van der Waals surface area contributed by atoms with Gasteiger partial charge in [0.15, 0.2) is 0 Å². The summed E-state index contributed by atoms with van der Waals surface area (Å²) in [6, 6.07) is 8.01. The second-order valence-corrected chi connectivity index (χ2v) is 5.62. The minimum atomic E-state index is -0.447. The van der Waals surface area contributed by atoms with Crippen LogP contribution in [0.1, 0.15) is 31.2 Å². The van der Waals surface area contributed by atoms with Crippen molar-refractivity contribution >= 4 is 5.69 Å². The van der Waals surface area contributed by atoms with Gasteiger partial charge < -0.3 is 15.7 Å². The number of aliphatic hydroxyl groups is 1. The van der Waals surface area contributed by atoms with Crippen LogP contribution >= 0.6 is 0 Å². The number of anilines is 1. The Morgan fingerprint density at radius 1 is 1.28 bits per heavy atom. The maximum absolute atomic E-state index is 10.3. The van der Waals surface area contributed by atoms with Gasteiger partial charge in [-0.25, -0.2) is 0 Å². The molecule has 18 heavy (non-hydrogen) atoms. The molecule has 0 aromatic heterocycles. The van der Waals surface area contributed by atoms with E-state index in [1.165, 1.54) is 5.56 Å². The van der Waals surface area contributed by atoms with Crippen LogP contribution in [0.4, 0.5) is 5.69 Å². The van der Waals surface area contributed by atoms with Crippen molar-refractivity contribution in [2.45, 2.75) is 37.7 Å². The lowest BCUT2D eigenvalue weighted by molar-refractivity contribution is 0.0167. The van der Waals surface area contributed by atoms with Crippen molar-refractivity contribution in [3.63, 3.8) is 0 Å². The molecule has 0 bridgehead atoms. The molecule has 100 valence electrons. The summed E-state index contributed by atoms with van der Waals surface area (Å²) in [5, 5.41) is 10.3. The number of para-hydroxylation sites is 1. The van der Waals surface area contributed by atoms with E-state index in [1.54, 1.807) is 0 Å². The fraction of sp³-hybridized carbons (Fsp3) is 0.600. The van der Waals surface area contributed by atoms with Gasteiger partial charge in [-0.3, -0.25) is 0 Å². The van der Waals surface area contributed by atoms with E-state index in [9.17, 15) is 5.11 Å². The third-order valence-electron chi connectivity index (χ3n) is 3.92. The van der Waals surface area contributed by atoms with Gasteiger partial charge >= 0.3 is 0 Å². The molecule has 0 unspecified atom stereocenters. The van der Waals surface area contributed by atoms with Crippen LogP contribution in [0.5, 0.6) is 0 Å². The van der Waals surface area contributed by atoms with Gasteiger partial charge in [0.2, 0.25) is 0 Å². The van der Waals surface area contributed by atoms with Crippen LogP contribution in [0, 0.1) is 0 Å². The Kier molecular flexibility index (Phi) is 4.25. The molecule has 1 aromatic carbocycles. The van der Waals surface area contributed by atoms with Crippen molar-refractivity contribution in [2.24, 2.45) is 0 Å². The van der Waals surface area contributed by atoms with Crippen molar-refractivity contribution in [1.29, 1.82) is 0 Å². The summed E-state index contributed by atoms with van der Waals surface area (Å²) in [5.41, 5.74) is 7.54. The third kappa shape index (κ3) is 3.47. The van der Waals surface area contributed by atoms with E-state index in [-0.39, 0.29) is 0 Å². The Labute approximate surface area is 110 Å². The van der Waals surface area contributed by atoms with Gasteiger partial charge in [0, 0.05) is 18.8 Å². The summed E-state index contributed by atoms with van der Waals surface area (Å²) in [5.74, 6) is 0. The first-order valence-electron chi connectivity index (χ1n) is 6.83. The lowest BCUT2D eigenvalue weighted by atomic mass is 10.0. The van der Waals surface area contributed by atoms with E-state index in [4.69, 9.17) is 5.73 Å². The van der Waals surface area contributed by atoms with Crippen LogP contribution in [0.2, 0.25) is 0 Å². The molecular formula is C15H24N2O. The molecule has 2 rings (SSSR count). The van der Waals surface area contributed by atoms with Crippen LogP contribution in [0.15, 0.2) is 24.3 Å². The number of hydrogen-bond donors (Lipinski definition) is 2. The first-order chi connectivity index (χ1) is 8.59. The maximum atomic E-state index is 10.3. The van der Waals surface area contributed by atoms with Crippen molar-refractivity contribution < 1.29 is 5.11 Å². The van der Waals surface area contributed by atoms with Crippen LogP contribution < -0.4 is 5.73 Å². The highest BCUT2D eigenvalue weighted by molar-refractivity contribution is 5.46. The van der Waals surface area contributed by atoms with Gasteiger partial charge in [-0.15, -0.1) is 0 Å². The lowest BCUT2D eigenvalue weighted by Crippen LogP contribution is -2.39. The molecule has 0 atom stereocenters. The Balaban J connectivity index is 1.81. The number of nitrogen functional groups attached to an aromatic ring is 1. The van der Waals surface area contributed by atoms with Crippen LogP contribution in [-0.2, 0) is 6.42 Å². The highest BCUT2D eigenvalue weighted by atomic mass is 16.3. The molecule has 0 aliphatic heterocycles. The highest BCUT2D eigenvalue weighted by Crippen LogP contribution is 2.29. The van der Waals surface area contributed by atoms with Gasteiger partial charge in [0.05, 0.1) is 5.60 Å². The molecule has 0 amide bonds. The Morgan fingerprint density at radius 2 is 1.94 bits per heavy atom. The predicted molar refractivity (Wildman–Crippen MR) is 75.5 cm³/mol. The fourth-order valence-corrected chi connectivity index (χ4v) is 2.85. The average molecular weight is 248 g/mol. The van der Waals surface area contributed by atoms with Crippen LogP contribution in [-0.4, -0.2) is 35.7 Å². The highest BCUT2D eigenvalue weighted by Gasteiger charge is 2.31. The van der Waals surface area contributed by atoms with E-state index in [0.29, 0.717) is 0 Å². The first kappa shape index (κ1) is 13.4. The quantitative estimate of drug-likeness (QED) is 0.784. The van der Waals surface area contributed by atoms with Crippen molar-refractivity contribution in [3.8, 4) is 0 Å². The zero-order valence-corrected chi connectivity index (χ0v) is 11.2. The molecule has 1 fully saturated rings. The van der Waals surface area contributed by atoms with Gasteiger partial charge in [-0.05, 0) is 37.9 Å². The number of nitrogens with zero attached hydrogens (tertiary/aromatic N) is 1. The maximum Gasteiger partial charge on any atom is 0.0774 e. The van der Waals surface area contributed by atoms with Gasteiger partial charge in [-0.1, -0.05) is 31.0 Å². The van der Waals surface area contributed by atoms with Crippen LogP contribution in [0.25, 0.3) is 0 Å². The SMILES string of the molecule is CN(CCc1ccccc1N)CC1(O)CCCC1.